The van der Waals surface area contributed by atoms with Crippen LogP contribution < -0.4 is 9.80 Å². The van der Waals surface area contributed by atoms with Crippen LogP contribution >= 0.6 is 0 Å². The lowest BCUT2D eigenvalue weighted by Gasteiger charge is -2.35. The Labute approximate surface area is 285 Å². The van der Waals surface area contributed by atoms with E-state index < -0.39 is 0 Å². The molecule has 7 aromatic rings. The van der Waals surface area contributed by atoms with Crippen molar-refractivity contribution in [2.24, 2.45) is 0 Å². The second kappa shape index (κ2) is 13.0. The van der Waals surface area contributed by atoms with Gasteiger partial charge in [-0.15, -0.1) is 0 Å². The van der Waals surface area contributed by atoms with E-state index in [1.165, 1.54) is 43.8 Å². The van der Waals surface area contributed by atoms with E-state index in [1.54, 1.807) is 0 Å². The fourth-order valence-corrected chi connectivity index (χ4v) is 6.78. The second-order valence-corrected chi connectivity index (χ2v) is 13.6. The minimum Gasteiger partial charge on any atom is -0.308 e. The molecule has 0 heterocycles. The molecule has 48 heavy (non-hydrogen) atoms. The van der Waals surface area contributed by atoms with Crippen LogP contribution in [0.1, 0.15) is 61.8 Å². The van der Waals surface area contributed by atoms with Gasteiger partial charge in [-0.3, -0.25) is 0 Å². The average Bonchev–Trinajstić information content (AvgIpc) is 3.11. The van der Waals surface area contributed by atoms with Crippen molar-refractivity contribution in [2.45, 2.75) is 53.4 Å². The summed E-state index contributed by atoms with van der Waals surface area (Å²) in [6.07, 6.45) is 0. The summed E-state index contributed by atoms with van der Waals surface area (Å²) in [7, 11) is 0. The molecule has 0 aliphatic heterocycles. The van der Waals surface area contributed by atoms with Gasteiger partial charge in [-0.05, 0) is 96.1 Å². The molecule has 0 aromatic heterocycles. The molecule has 0 saturated carbocycles. The van der Waals surface area contributed by atoms with Crippen LogP contribution in [0.5, 0.6) is 0 Å². The van der Waals surface area contributed by atoms with E-state index in [4.69, 9.17) is 0 Å². The first kappa shape index (κ1) is 31.3. The molecule has 0 radical (unpaired) electrons. The topological polar surface area (TPSA) is 6.48 Å². The van der Waals surface area contributed by atoms with Crippen LogP contribution in [0.3, 0.4) is 0 Å². The van der Waals surface area contributed by atoms with Crippen molar-refractivity contribution >= 4 is 55.7 Å². The summed E-state index contributed by atoms with van der Waals surface area (Å²) < 4.78 is 0. The van der Waals surface area contributed by atoms with Crippen molar-refractivity contribution in [1.82, 2.24) is 0 Å². The first-order valence-corrected chi connectivity index (χ1v) is 17.2. The molecule has 0 aliphatic carbocycles. The van der Waals surface area contributed by atoms with Gasteiger partial charge < -0.3 is 9.80 Å². The van der Waals surface area contributed by atoms with Gasteiger partial charge in [-0.2, -0.15) is 0 Å². The lowest BCUT2D eigenvalue weighted by Crippen LogP contribution is -2.18. The fraction of sp³-hybridized carbons (Fsp3) is 0.174. The quantitative estimate of drug-likeness (QED) is 0.123. The first-order chi connectivity index (χ1) is 23.3. The zero-order valence-corrected chi connectivity index (χ0v) is 28.9. The van der Waals surface area contributed by atoms with Gasteiger partial charge in [0.15, 0.2) is 0 Å². The monoisotopic (exact) mass is 624 g/mol. The van der Waals surface area contributed by atoms with E-state index in [1.807, 2.05) is 0 Å². The first-order valence-electron chi connectivity index (χ1n) is 17.2. The molecule has 7 aromatic carbocycles. The lowest BCUT2D eigenvalue weighted by atomic mass is 9.94. The third-order valence-electron chi connectivity index (χ3n) is 9.55. The minimum absolute atomic E-state index is 0.453. The van der Waals surface area contributed by atoms with E-state index in [9.17, 15) is 0 Å². The summed E-state index contributed by atoms with van der Waals surface area (Å²) >= 11 is 0. The predicted octanol–water partition coefficient (Wildman–Crippen LogP) is 13.8. The second-order valence-electron chi connectivity index (χ2n) is 13.6. The highest BCUT2D eigenvalue weighted by Crippen LogP contribution is 2.53. The van der Waals surface area contributed by atoms with Crippen molar-refractivity contribution in [3.05, 3.63) is 168 Å². The van der Waals surface area contributed by atoms with Crippen LogP contribution in [0.4, 0.5) is 34.1 Å². The Balaban J connectivity index is 1.64. The fourth-order valence-electron chi connectivity index (χ4n) is 6.78. The highest BCUT2D eigenvalue weighted by molar-refractivity contribution is 6.23. The Kier molecular flexibility index (Phi) is 8.50. The molecule has 0 fully saturated rings. The van der Waals surface area contributed by atoms with Crippen LogP contribution in [0, 0.1) is 13.8 Å². The highest BCUT2D eigenvalue weighted by Gasteiger charge is 2.27. The highest BCUT2D eigenvalue weighted by atomic mass is 15.2. The Hall–Kier alpha value is -5.34. The standard InChI is InChI=1S/C46H44N2/c1-31(2)35-19-27-39(28-20-35)47(37-23-15-33(5)16-24-37)45-43-13-9-7-11-41(43)42-12-8-10-14-44(42)46(45)48(38-25-17-34(6)18-26-38)40-29-21-36(22-30-40)32(3)4/h7-32H,1-6H3. The van der Waals surface area contributed by atoms with Gasteiger partial charge in [0.2, 0.25) is 0 Å². The van der Waals surface area contributed by atoms with Crippen LogP contribution in [0.25, 0.3) is 21.5 Å². The maximum atomic E-state index is 2.47. The number of fused-ring (bicyclic) bond motifs is 3. The SMILES string of the molecule is Cc1ccc(N(c2ccc(C(C)C)cc2)c2c(N(c3ccc(C)cc3)c3ccc(C(C)C)cc3)c3ccccc3c3ccccc23)cc1. The van der Waals surface area contributed by atoms with Crippen molar-refractivity contribution in [1.29, 1.82) is 0 Å². The summed E-state index contributed by atoms with van der Waals surface area (Å²) in [6.45, 7) is 13.3. The molecule has 0 saturated heterocycles. The summed E-state index contributed by atoms with van der Waals surface area (Å²) in [6, 6.07) is 54.0. The zero-order valence-electron chi connectivity index (χ0n) is 28.9. The number of aryl methyl sites for hydroxylation is 2. The smallest absolute Gasteiger partial charge is 0.0788 e. The van der Waals surface area contributed by atoms with Crippen molar-refractivity contribution in [3.8, 4) is 0 Å². The number of anilines is 6. The van der Waals surface area contributed by atoms with Gasteiger partial charge >= 0.3 is 0 Å². The molecule has 2 nitrogen and oxygen atoms in total. The van der Waals surface area contributed by atoms with Crippen molar-refractivity contribution < 1.29 is 0 Å². The summed E-state index contributed by atoms with van der Waals surface area (Å²) in [5.74, 6) is 0.907. The molecule has 0 aliphatic rings. The summed E-state index contributed by atoms with van der Waals surface area (Å²) in [4.78, 5) is 4.94. The molecule has 0 amide bonds. The molecular weight excluding hydrogens is 581 g/mol. The van der Waals surface area contributed by atoms with E-state index in [-0.39, 0.29) is 0 Å². The Morgan fingerprint density at radius 3 is 0.896 bits per heavy atom. The summed E-state index contributed by atoms with van der Waals surface area (Å²) in [5, 5.41) is 4.88. The zero-order chi connectivity index (χ0) is 33.4. The van der Waals surface area contributed by atoms with Crippen LogP contribution in [-0.2, 0) is 0 Å². The molecule has 2 heteroatoms. The Morgan fingerprint density at radius 2 is 0.604 bits per heavy atom. The normalized spacial score (nSPS) is 11.5. The number of benzene rings is 7. The van der Waals surface area contributed by atoms with Crippen LogP contribution in [-0.4, -0.2) is 0 Å². The third-order valence-corrected chi connectivity index (χ3v) is 9.55. The van der Waals surface area contributed by atoms with E-state index in [2.05, 4.69) is 197 Å². The van der Waals surface area contributed by atoms with Crippen LogP contribution in [0.15, 0.2) is 146 Å². The Bertz CT molecular complexity index is 2010. The molecule has 0 unspecified atom stereocenters. The number of rotatable bonds is 8. The van der Waals surface area contributed by atoms with Gasteiger partial charge in [-0.25, -0.2) is 0 Å². The molecule has 0 N–H and O–H groups in total. The van der Waals surface area contributed by atoms with E-state index in [0.717, 1.165) is 34.1 Å². The largest absolute Gasteiger partial charge is 0.308 e. The molecule has 0 spiro atoms. The van der Waals surface area contributed by atoms with Crippen molar-refractivity contribution in [3.63, 3.8) is 0 Å². The molecule has 238 valence electrons. The molecule has 0 atom stereocenters. The minimum atomic E-state index is 0.453. The average molecular weight is 625 g/mol. The summed E-state index contributed by atoms with van der Waals surface area (Å²) in [5.41, 5.74) is 12.0. The third kappa shape index (κ3) is 5.84. The van der Waals surface area contributed by atoms with E-state index in [0.29, 0.717) is 11.8 Å². The lowest BCUT2D eigenvalue weighted by molar-refractivity contribution is 0.866. The van der Waals surface area contributed by atoms with Gasteiger partial charge in [0, 0.05) is 33.5 Å². The predicted molar refractivity (Wildman–Crippen MR) is 208 cm³/mol. The number of hydrogen-bond donors (Lipinski definition) is 0. The maximum absolute atomic E-state index is 2.47. The molecule has 0 bridgehead atoms. The maximum Gasteiger partial charge on any atom is 0.0788 e. The van der Waals surface area contributed by atoms with Crippen molar-refractivity contribution in [2.75, 3.05) is 9.80 Å². The van der Waals surface area contributed by atoms with Gasteiger partial charge in [0.1, 0.15) is 0 Å². The Morgan fingerprint density at radius 1 is 0.333 bits per heavy atom. The van der Waals surface area contributed by atoms with E-state index >= 15 is 0 Å². The van der Waals surface area contributed by atoms with Gasteiger partial charge in [0.05, 0.1) is 11.4 Å². The molecular formula is C46H44N2. The number of nitrogens with zero attached hydrogens (tertiary/aromatic N) is 2. The molecule has 7 rings (SSSR count). The van der Waals surface area contributed by atoms with Gasteiger partial charge in [0.25, 0.3) is 0 Å². The number of hydrogen-bond acceptors (Lipinski definition) is 2. The van der Waals surface area contributed by atoms with Gasteiger partial charge in [-0.1, -0.05) is 136 Å². The van der Waals surface area contributed by atoms with Crippen LogP contribution in [0.2, 0.25) is 0 Å².